The van der Waals surface area contributed by atoms with E-state index in [9.17, 15) is 9.59 Å². The quantitative estimate of drug-likeness (QED) is 0.821. The van der Waals surface area contributed by atoms with Crippen molar-refractivity contribution in [3.05, 3.63) is 35.9 Å². The number of carbonyl (C=O) groups excluding carboxylic acids is 2. The minimum Gasteiger partial charge on any atom is -0.343 e. The molecule has 3 rings (SSSR count). The van der Waals surface area contributed by atoms with Crippen LogP contribution < -0.4 is 10.6 Å². The van der Waals surface area contributed by atoms with Crippen molar-refractivity contribution < 1.29 is 9.59 Å². The largest absolute Gasteiger partial charge is 0.343 e. The standard InChI is InChI=1S/C15H19N3O2/c19-14(18-9-12-6-16-7-13(12)10-18)8-17-15(20)11-4-2-1-3-5-11/h1-5,12-13,16H,6-10H2,(H,17,20). The molecule has 106 valence electrons. The lowest BCUT2D eigenvalue weighted by Crippen LogP contribution is -2.40. The monoisotopic (exact) mass is 273 g/mol. The van der Waals surface area contributed by atoms with Gasteiger partial charge in [0, 0.05) is 31.7 Å². The summed E-state index contributed by atoms with van der Waals surface area (Å²) in [4.78, 5) is 25.8. The fourth-order valence-corrected chi connectivity index (χ4v) is 3.02. The third-order valence-corrected chi connectivity index (χ3v) is 4.18. The van der Waals surface area contributed by atoms with Crippen LogP contribution in [0.3, 0.4) is 0 Å². The molecule has 0 saturated carbocycles. The Balaban J connectivity index is 1.49. The average molecular weight is 273 g/mol. The SMILES string of the molecule is O=C(NCC(=O)N1CC2CNCC2C1)c1ccccc1. The number of nitrogens with zero attached hydrogens (tertiary/aromatic N) is 1. The predicted octanol–water partition coefficient (Wildman–Crippen LogP) is 0.0942. The Kier molecular flexibility index (Phi) is 3.69. The first-order valence-electron chi connectivity index (χ1n) is 7.06. The normalized spacial score (nSPS) is 24.5. The molecule has 2 atom stereocenters. The molecule has 0 aliphatic carbocycles. The average Bonchev–Trinajstić information content (AvgIpc) is 3.06. The van der Waals surface area contributed by atoms with E-state index in [0.29, 0.717) is 17.4 Å². The summed E-state index contributed by atoms with van der Waals surface area (Å²) >= 11 is 0. The van der Waals surface area contributed by atoms with Crippen molar-refractivity contribution in [1.29, 1.82) is 0 Å². The van der Waals surface area contributed by atoms with E-state index in [2.05, 4.69) is 10.6 Å². The van der Waals surface area contributed by atoms with Crippen molar-refractivity contribution >= 4 is 11.8 Å². The first-order valence-corrected chi connectivity index (χ1v) is 7.06. The molecule has 2 aliphatic rings. The number of hydrogen-bond acceptors (Lipinski definition) is 3. The Morgan fingerprint density at radius 1 is 1.15 bits per heavy atom. The van der Waals surface area contributed by atoms with Gasteiger partial charge in [-0.1, -0.05) is 18.2 Å². The van der Waals surface area contributed by atoms with Crippen molar-refractivity contribution in [3.63, 3.8) is 0 Å². The second kappa shape index (κ2) is 5.63. The molecule has 0 spiro atoms. The van der Waals surface area contributed by atoms with E-state index in [1.807, 2.05) is 23.1 Å². The molecule has 0 radical (unpaired) electrons. The molecule has 2 unspecified atom stereocenters. The van der Waals surface area contributed by atoms with Crippen LogP contribution in [0.15, 0.2) is 30.3 Å². The van der Waals surface area contributed by atoms with Crippen molar-refractivity contribution in [2.24, 2.45) is 11.8 Å². The highest BCUT2D eigenvalue weighted by molar-refractivity contribution is 5.96. The van der Waals surface area contributed by atoms with Gasteiger partial charge in [-0.15, -0.1) is 0 Å². The third kappa shape index (κ3) is 2.67. The minimum atomic E-state index is -0.194. The van der Waals surface area contributed by atoms with Crippen LogP contribution in [-0.4, -0.2) is 49.4 Å². The van der Waals surface area contributed by atoms with Crippen molar-refractivity contribution in [2.45, 2.75) is 0 Å². The zero-order valence-corrected chi connectivity index (χ0v) is 11.3. The first kappa shape index (κ1) is 13.1. The molecule has 0 aromatic heterocycles. The first-order chi connectivity index (χ1) is 9.74. The van der Waals surface area contributed by atoms with Gasteiger partial charge in [0.1, 0.15) is 0 Å². The van der Waals surface area contributed by atoms with Gasteiger partial charge in [-0.25, -0.2) is 0 Å². The lowest BCUT2D eigenvalue weighted by molar-refractivity contribution is -0.129. The molecule has 0 bridgehead atoms. The predicted molar refractivity (Wildman–Crippen MR) is 75.2 cm³/mol. The number of benzene rings is 1. The Hall–Kier alpha value is -1.88. The summed E-state index contributed by atoms with van der Waals surface area (Å²) in [6, 6.07) is 8.97. The topological polar surface area (TPSA) is 61.4 Å². The summed E-state index contributed by atoms with van der Waals surface area (Å²) in [7, 11) is 0. The maximum atomic E-state index is 12.1. The van der Waals surface area contributed by atoms with Crippen LogP contribution in [0.1, 0.15) is 10.4 Å². The van der Waals surface area contributed by atoms with Crippen LogP contribution in [0.5, 0.6) is 0 Å². The van der Waals surface area contributed by atoms with E-state index in [1.165, 1.54) is 0 Å². The van der Waals surface area contributed by atoms with E-state index < -0.39 is 0 Å². The molecule has 2 N–H and O–H groups in total. The fraction of sp³-hybridized carbons (Fsp3) is 0.467. The van der Waals surface area contributed by atoms with E-state index in [4.69, 9.17) is 0 Å². The van der Waals surface area contributed by atoms with Gasteiger partial charge in [0.15, 0.2) is 0 Å². The Bertz CT molecular complexity index is 491. The molecule has 2 fully saturated rings. The van der Waals surface area contributed by atoms with Gasteiger partial charge >= 0.3 is 0 Å². The molecule has 2 amide bonds. The van der Waals surface area contributed by atoms with Gasteiger partial charge in [0.05, 0.1) is 6.54 Å². The Morgan fingerprint density at radius 3 is 2.45 bits per heavy atom. The van der Waals surface area contributed by atoms with E-state index in [1.54, 1.807) is 12.1 Å². The minimum absolute atomic E-state index is 0.0173. The molecule has 2 aliphatic heterocycles. The molecule has 5 heteroatoms. The molecule has 2 heterocycles. The molecule has 2 saturated heterocycles. The molecule has 20 heavy (non-hydrogen) atoms. The number of likely N-dealkylation sites (tertiary alicyclic amines) is 1. The van der Waals surface area contributed by atoms with Gasteiger partial charge in [0.25, 0.3) is 5.91 Å². The number of carbonyl (C=O) groups is 2. The van der Waals surface area contributed by atoms with Gasteiger partial charge < -0.3 is 15.5 Å². The van der Waals surface area contributed by atoms with Crippen molar-refractivity contribution in [1.82, 2.24) is 15.5 Å². The van der Waals surface area contributed by atoms with Gasteiger partial charge in [-0.3, -0.25) is 9.59 Å². The van der Waals surface area contributed by atoms with Crippen LogP contribution in [0.4, 0.5) is 0 Å². The summed E-state index contributed by atoms with van der Waals surface area (Å²) in [5, 5.41) is 6.04. The summed E-state index contributed by atoms with van der Waals surface area (Å²) in [6.07, 6.45) is 0. The van der Waals surface area contributed by atoms with Crippen LogP contribution in [0, 0.1) is 11.8 Å². The van der Waals surface area contributed by atoms with Gasteiger partial charge in [0.2, 0.25) is 5.91 Å². The number of hydrogen-bond donors (Lipinski definition) is 2. The lowest BCUT2D eigenvalue weighted by atomic mass is 10.0. The Morgan fingerprint density at radius 2 is 1.80 bits per heavy atom. The summed E-state index contributed by atoms with van der Waals surface area (Å²) in [5.41, 5.74) is 0.586. The molecular formula is C15H19N3O2. The lowest BCUT2D eigenvalue weighted by Gasteiger charge is -2.17. The van der Waals surface area contributed by atoms with Gasteiger partial charge in [-0.2, -0.15) is 0 Å². The smallest absolute Gasteiger partial charge is 0.251 e. The number of fused-ring (bicyclic) bond motifs is 1. The van der Waals surface area contributed by atoms with E-state index in [0.717, 1.165) is 26.2 Å². The van der Waals surface area contributed by atoms with Crippen LogP contribution in [0.2, 0.25) is 0 Å². The molecule has 1 aromatic carbocycles. The maximum Gasteiger partial charge on any atom is 0.251 e. The van der Waals surface area contributed by atoms with Crippen molar-refractivity contribution in [3.8, 4) is 0 Å². The summed E-state index contributed by atoms with van der Waals surface area (Å²) in [5.74, 6) is 0.997. The number of nitrogens with one attached hydrogen (secondary N) is 2. The third-order valence-electron chi connectivity index (χ3n) is 4.18. The maximum absolute atomic E-state index is 12.1. The van der Waals surface area contributed by atoms with E-state index in [-0.39, 0.29) is 18.4 Å². The highest BCUT2D eigenvalue weighted by Crippen LogP contribution is 2.25. The number of rotatable bonds is 3. The highest BCUT2D eigenvalue weighted by Gasteiger charge is 2.37. The molecular weight excluding hydrogens is 254 g/mol. The second-order valence-electron chi connectivity index (χ2n) is 5.53. The summed E-state index contributed by atoms with van der Waals surface area (Å²) in [6.45, 7) is 3.73. The zero-order valence-electron chi connectivity index (χ0n) is 11.3. The molecule has 5 nitrogen and oxygen atoms in total. The Labute approximate surface area is 118 Å². The fourth-order valence-electron chi connectivity index (χ4n) is 3.02. The van der Waals surface area contributed by atoms with Gasteiger partial charge in [-0.05, 0) is 24.0 Å². The molecule has 1 aromatic rings. The van der Waals surface area contributed by atoms with Crippen LogP contribution in [-0.2, 0) is 4.79 Å². The zero-order chi connectivity index (χ0) is 13.9. The van der Waals surface area contributed by atoms with Crippen molar-refractivity contribution in [2.75, 3.05) is 32.7 Å². The van der Waals surface area contributed by atoms with Crippen LogP contribution >= 0.6 is 0 Å². The second-order valence-corrected chi connectivity index (χ2v) is 5.53. The van der Waals surface area contributed by atoms with E-state index >= 15 is 0 Å². The highest BCUT2D eigenvalue weighted by atomic mass is 16.2. The number of amides is 2. The summed E-state index contributed by atoms with van der Waals surface area (Å²) < 4.78 is 0. The van der Waals surface area contributed by atoms with Crippen LogP contribution in [0.25, 0.3) is 0 Å².